The van der Waals surface area contributed by atoms with Crippen LogP contribution < -0.4 is 5.32 Å². The lowest BCUT2D eigenvalue weighted by atomic mass is 10.1. The van der Waals surface area contributed by atoms with E-state index in [0.717, 1.165) is 18.2 Å². The minimum atomic E-state index is -4.56. The van der Waals surface area contributed by atoms with Crippen molar-refractivity contribution in [3.63, 3.8) is 0 Å². The summed E-state index contributed by atoms with van der Waals surface area (Å²) in [5.41, 5.74) is -1.45. The van der Waals surface area contributed by atoms with Gasteiger partial charge in [0.15, 0.2) is 0 Å². The zero-order valence-corrected chi connectivity index (χ0v) is 8.69. The smallest absolute Gasteiger partial charge is 0.405 e. The molecule has 0 radical (unpaired) electrons. The molecule has 9 heteroatoms. The number of nitrogens with zero attached hydrogens (tertiary/aromatic N) is 1. The second-order valence-corrected chi connectivity index (χ2v) is 3.26. The average molecular weight is 264 g/mol. The van der Waals surface area contributed by atoms with Crippen molar-refractivity contribution in [3.05, 3.63) is 33.9 Å². The number of hydrogen-bond donors (Lipinski definition) is 2. The van der Waals surface area contributed by atoms with Gasteiger partial charge in [-0.1, -0.05) is 0 Å². The van der Waals surface area contributed by atoms with Crippen molar-refractivity contribution < 1.29 is 28.0 Å². The molecule has 0 saturated heterocycles. The number of hydrogen-bond acceptors (Lipinski definition) is 4. The Morgan fingerprint density at radius 2 is 2.06 bits per heavy atom. The van der Waals surface area contributed by atoms with Crippen LogP contribution >= 0.6 is 0 Å². The molecular weight excluding hydrogens is 257 g/mol. The van der Waals surface area contributed by atoms with Gasteiger partial charge in [0, 0.05) is 6.07 Å². The summed E-state index contributed by atoms with van der Waals surface area (Å²) in [5, 5.41) is 21.0. The Labute approximate surface area is 98.2 Å². The number of nitro benzene ring substituents is 1. The summed E-state index contributed by atoms with van der Waals surface area (Å²) in [6.07, 6.45) is -4.56. The standard InChI is InChI=1S/C9H7F3N2O4/c10-9(11,12)4-13-6-3-5(8(15)16)1-2-7(6)14(17)18/h1-3,13H,4H2,(H,15,16). The van der Waals surface area contributed by atoms with Crippen LogP contribution in [0.25, 0.3) is 0 Å². The van der Waals surface area contributed by atoms with Gasteiger partial charge in [-0.25, -0.2) is 4.79 Å². The lowest BCUT2D eigenvalue weighted by Crippen LogP contribution is -2.21. The van der Waals surface area contributed by atoms with E-state index in [-0.39, 0.29) is 5.56 Å². The molecule has 2 N–H and O–H groups in total. The summed E-state index contributed by atoms with van der Waals surface area (Å²) < 4.78 is 36.0. The van der Waals surface area contributed by atoms with E-state index in [1.807, 2.05) is 0 Å². The fourth-order valence-electron chi connectivity index (χ4n) is 1.17. The highest BCUT2D eigenvalue weighted by Crippen LogP contribution is 2.27. The fraction of sp³-hybridized carbons (Fsp3) is 0.222. The number of nitrogens with one attached hydrogen (secondary N) is 1. The van der Waals surface area contributed by atoms with Gasteiger partial charge in [-0.15, -0.1) is 0 Å². The molecule has 1 aromatic carbocycles. The van der Waals surface area contributed by atoms with Crippen LogP contribution in [-0.4, -0.2) is 28.7 Å². The molecule has 0 bridgehead atoms. The molecule has 0 heterocycles. The van der Waals surface area contributed by atoms with Gasteiger partial charge in [-0.2, -0.15) is 13.2 Å². The first-order chi connectivity index (χ1) is 8.20. The highest BCUT2D eigenvalue weighted by atomic mass is 19.4. The number of nitro groups is 1. The molecule has 0 aliphatic carbocycles. The third-order valence-electron chi connectivity index (χ3n) is 1.92. The van der Waals surface area contributed by atoms with E-state index in [9.17, 15) is 28.1 Å². The molecule has 0 fully saturated rings. The second kappa shape index (κ2) is 4.90. The van der Waals surface area contributed by atoms with Gasteiger partial charge in [-0.3, -0.25) is 10.1 Å². The third kappa shape index (κ3) is 3.61. The van der Waals surface area contributed by atoms with E-state index in [1.54, 1.807) is 5.32 Å². The average Bonchev–Trinajstić information content (AvgIpc) is 2.24. The monoisotopic (exact) mass is 264 g/mol. The van der Waals surface area contributed by atoms with Crippen LogP contribution in [0.4, 0.5) is 24.5 Å². The fourth-order valence-corrected chi connectivity index (χ4v) is 1.17. The molecule has 6 nitrogen and oxygen atoms in total. The number of carbonyl (C=O) groups is 1. The Morgan fingerprint density at radius 3 is 2.50 bits per heavy atom. The van der Waals surface area contributed by atoms with Crippen molar-refractivity contribution >= 4 is 17.3 Å². The first kappa shape index (κ1) is 13.7. The quantitative estimate of drug-likeness (QED) is 0.642. The number of rotatable bonds is 4. The van der Waals surface area contributed by atoms with Gasteiger partial charge in [0.1, 0.15) is 12.2 Å². The third-order valence-corrected chi connectivity index (χ3v) is 1.92. The molecule has 1 aromatic rings. The molecule has 0 aliphatic rings. The summed E-state index contributed by atoms with van der Waals surface area (Å²) in [7, 11) is 0. The summed E-state index contributed by atoms with van der Waals surface area (Å²) in [6.45, 7) is -1.49. The van der Waals surface area contributed by atoms with Crippen molar-refractivity contribution in [2.24, 2.45) is 0 Å². The molecule has 0 aromatic heterocycles. The Balaban J connectivity index is 3.08. The minimum Gasteiger partial charge on any atom is -0.478 e. The number of benzene rings is 1. The molecule has 0 amide bonds. The van der Waals surface area contributed by atoms with Crippen LogP contribution in [0, 0.1) is 10.1 Å². The Morgan fingerprint density at radius 1 is 1.44 bits per heavy atom. The molecule has 0 saturated carbocycles. The number of carboxylic acids is 1. The van der Waals surface area contributed by atoms with E-state index >= 15 is 0 Å². The van der Waals surface area contributed by atoms with Crippen LogP contribution in [0.1, 0.15) is 10.4 Å². The second-order valence-electron chi connectivity index (χ2n) is 3.26. The summed E-state index contributed by atoms with van der Waals surface area (Å²) in [6, 6.07) is 2.56. The van der Waals surface area contributed by atoms with E-state index in [4.69, 9.17) is 5.11 Å². The number of anilines is 1. The van der Waals surface area contributed by atoms with Crippen molar-refractivity contribution in [2.45, 2.75) is 6.18 Å². The normalized spacial score (nSPS) is 11.1. The van der Waals surface area contributed by atoms with Gasteiger partial charge in [0.05, 0.1) is 10.5 Å². The van der Waals surface area contributed by atoms with Crippen LogP contribution in [0.15, 0.2) is 18.2 Å². The number of aromatic carboxylic acids is 1. The van der Waals surface area contributed by atoms with Crippen LogP contribution in [0.3, 0.4) is 0 Å². The maximum atomic E-state index is 12.0. The lowest BCUT2D eigenvalue weighted by molar-refractivity contribution is -0.384. The lowest BCUT2D eigenvalue weighted by Gasteiger charge is -2.10. The molecule has 0 aliphatic heterocycles. The van der Waals surface area contributed by atoms with Gasteiger partial charge in [0.2, 0.25) is 0 Å². The van der Waals surface area contributed by atoms with E-state index in [0.29, 0.717) is 0 Å². The summed E-state index contributed by atoms with van der Waals surface area (Å²) in [5.74, 6) is -1.39. The molecule has 0 spiro atoms. The van der Waals surface area contributed by atoms with Crippen molar-refractivity contribution in [1.82, 2.24) is 0 Å². The Bertz CT molecular complexity index is 487. The van der Waals surface area contributed by atoms with Crippen LogP contribution in [-0.2, 0) is 0 Å². The van der Waals surface area contributed by atoms with Crippen molar-refractivity contribution in [3.8, 4) is 0 Å². The predicted octanol–water partition coefficient (Wildman–Crippen LogP) is 2.27. The first-order valence-corrected chi connectivity index (χ1v) is 4.53. The maximum absolute atomic E-state index is 12.0. The largest absolute Gasteiger partial charge is 0.478 e. The Hall–Kier alpha value is -2.32. The van der Waals surface area contributed by atoms with E-state index in [2.05, 4.69) is 0 Å². The van der Waals surface area contributed by atoms with E-state index in [1.165, 1.54) is 0 Å². The molecular formula is C9H7F3N2O4. The highest BCUT2D eigenvalue weighted by Gasteiger charge is 2.28. The van der Waals surface area contributed by atoms with Gasteiger partial charge in [0.25, 0.3) is 5.69 Å². The van der Waals surface area contributed by atoms with Gasteiger partial charge >= 0.3 is 12.1 Å². The molecule has 98 valence electrons. The molecule has 18 heavy (non-hydrogen) atoms. The summed E-state index contributed by atoms with van der Waals surface area (Å²) in [4.78, 5) is 20.3. The van der Waals surface area contributed by atoms with Crippen molar-refractivity contribution in [2.75, 3.05) is 11.9 Å². The zero-order chi connectivity index (χ0) is 13.9. The van der Waals surface area contributed by atoms with Crippen LogP contribution in [0.2, 0.25) is 0 Å². The van der Waals surface area contributed by atoms with E-state index < -0.39 is 35.0 Å². The van der Waals surface area contributed by atoms with Gasteiger partial charge in [-0.05, 0) is 12.1 Å². The molecule has 0 atom stereocenters. The van der Waals surface area contributed by atoms with Crippen LogP contribution in [0.5, 0.6) is 0 Å². The number of halogens is 3. The SMILES string of the molecule is O=C(O)c1ccc([N+](=O)[O-])c(NCC(F)(F)F)c1. The van der Waals surface area contributed by atoms with Crippen molar-refractivity contribution in [1.29, 1.82) is 0 Å². The minimum absolute atomic E-state index is 0.342. The summed E-state index contributed by atoms with van der Waals surface area (Å²) >= 11 is 0. The topological polar surface area (TPSA) is 92.5 Å². The first-order valence-electron chi connectivity index (χ1n) is 4.53. The zero-order valence-electron chi connectivity index (χ0n) is 8.69. The predicted molar refractivity (Wildman–Crippen MR) is 54.6 cm³/mol. The number of carboxylic acid groups (broad SMARTS) is 1. The number of alkyl halides is 3. The Kier molecular flexibility index (Phi) is 3.74. The maximum Gasteiger partial charge on any atom is 0.405 e. The molecule has 1 rings (SSSR count). The van der Waals surface area contributed by atoms with Gasteiger partial charge < -0.3 is 10.4 Å². The molecule has 0 unspecified atom stereocenters. The highest BCUT2D eigenvalue weighted by molar-refractivity contribution is 5.90.